The van der Waals surface area contributed by atoms with E-state index in [1.807, 2.05) is 27.7 Å². The smallest absolute Gasteiger partial charge is 0.225 e. The van der Waals surface area contributed by atoms with E-state index in [1.54, 1.807) is 4.90 Å². The Hall–Kier alpha value is -1.11. The molecule has 0 aromatic rings. The predicted octanol–water partition coefficient (Wildman–Crippen LogP) is 1.35. The van der Waals surface area contributed by atoms with Gasteiger partial charge in [-0.15, -0.1) is 0 Å². The first-order valence-electron chi connectivity index (χ1n) is 8.35. The number of rotatable bonds is 7. The highest BCUT2D eigenvalue weighted by Crippen LogP contribution is 2.19. The van der Waals surface area contributed by atoms with Crippen molar-refractivity contribution in [3.05, 3.63) is 0 Å². The highest BCUT2D eigenvalue weighted by Gasteiger charge is 2.33. The van der Waals surface area contributed by atoms with Gasteiger partial charge in [-0.25, -0.2) is 8.42 Å². The number of hydrogen-bond acceptors (Lipinski definition) is 4. The first-order valence-corrected chi connectivity index (χ1v) is 10.2. The Bertz CT molecular complexity index is 523. The van der Waals surface area contributed by atoms with Gasteiger partial charge in [-0.1, -0.05) is 27.7 Å². The average Bonchev–Trinajstić information content (AvgIpc) is 2.79. The van der Waals surface area contributed by atoms with E-state index >= 15 is 0 Å². The van der Waals surface area contributed by atoms with Crippen LogP contribution in [0.4, 0.5) is 0 Å². The fraction of sp³-hybridized carbons (Fsp3) is 0.875. The average molecular weight is 346 g/mol. The molecule has 0 bridgehead atoms. The lowest BCUT2D eigenvalue weighted by Crippen LogP contribution is -2.42. The summed E-state index contributed by atoms with van der Waals surface area (Å²) in [5, 5.41) is 2.83. The number of amides is 2. The maximum Gasteiger partial charge on any atom is 0.225 e. The Morgan fingerprint density at radius 2 is 1.91 bits per heavy atom. The van der Waals surface area contributed by atoms with Crippen LogP contribution in [0.25, 0.3) is 0 Å². The van der Waals surface area contributed by atoms with E-state index in [9.17, 15) is 18.0 Å². The summed E-state index contributed by atoms with van der Waals surface area (Å²) in [6.07, 6.45) is 2.25. The molecule has 0 aromatic carbocycles. The van der Waals surface area contributed by atoms with Crippen LogP contribution in [0.15, 0.2) is 0 Å². The second-order valence-electron chi connectivity index (χ2n) is 7.25. The number of carbonyl (C=O) groups is 2. The van der Waals surface area contributed by atoms with E-state index < -0.39 is 15.3 Å². The van der Waals surface area contributed by atoms with Gasteiger partial charge in [-0.3, -0.25) is 9.59 Å². The Morgan fingerprint density at radius 3 is 2.39 bits per heavy atom. The minimum absolute atomic E-state index is 0.0149. The van der Waals surface area contributed by atoms with E-state index in [4.69, 9.17) is 0 Å². The lowest BCUT2D eigenvalue weighted by atomic mass is 9.96. The number of nitrogens with one attached hydrogen (secondary N) is 1. The monoisotopic (exact) mass is 346 g/mol. The summed E-state index contributed by atoms with van der Waals surface area (Å²) in [5.74, 6) is 0.211. The van der Waals surface area contributed by atoms with E-state index in [2.05, 4.69) is 5.32 Å². The molecule has 1 aliphatic rings. The molecule has 23 heavy (non-hydrogen) atoms. The van der Waals surface area contributed by atoms with Crippen LogP contribution >= 0.6 is 0 Å². The standard InChI is InChI=1S/C16H30N2O4S/c1-5-10-18(13-8-11-23(21,22)12-13)14(19)7-6-9-17-15(20)16(2,3)4/h13H,5-12H2,1-4H3,(H,17,20). The van der Waals surface area contributed by atoms with Crippen LogP contribution in [0.1, 0.15) is 53.4 Å². The van der Waals surface area contributed by atoms with Gasteiger partial charge in [0.15, 0.2) is 9.84 Å². The van der Waals surface area contributed by atoms with Crippen LogP contribution in [-0.4, -0.2) is 55.8 Å². The van der Waals surface area contributed by atoms with Gasteiger partial charge in [0.2, 0.25) is 11.8 Å². The summed E-state index contributed by atoms with van der Waals surface area (Å²) < 4.78 is 23.2. The summed E-state index contributed by atoms with van der Waals surface area (Å²) in [5.41, 5.74) is -0.434. The lowest BCUT2D eigenvalue weighted by molar-refractivity contribution is -0.133. The van der Waals surface area contributed by atoms with Crippen LogP contribution in [0.5, 0.6) is 0 Å². The number of carbonyl (C=O) groups excluding carboxylic acids is 2. The van der Waals surface area contributed by atoms with Crippen LogP contribution < -0.4 is 5.32 Å². The Morgan fingerprint density at radius 1 is 1.26 bits per heavy atom. The van der Waals surface area contributed by atoms with Crippen molar-refractivity contribution in [2.75, 3.05) is 24.6 Å². The molecule has 1 aliphatic heterocycles. The van der Waals surface area contributed by atoms with Gasteiger partial charge >= 0.3 is 0 Å². The minimum Gasteiger partial charge on any atom is -0.356 e. The van der Waals surface area contributed by atoms with Crippen LogP contribution in [0.3, 0.4) is 0 Å². The molecule has 7 heteroatoms. The molecule has 1 atom stereocenters. The van der Waals surface area contributed by atoms with Gasteiger partial charge in [0, 0.05) is 31.0 Å². The molecule has 1 N–H and O–H groups in total. The molecule has 0 aliphatic carbocycles. The van der Waals surface area contributed by atoms with Crippen LogP contribution in [-0.2, 0) is 19.4 Å². The molecule has 1 fully saturated rings. The van der Waals surface area contributed by atoms with Gasteiger partial charge in [0.05, 0.1) is 11.5 Å². The Labute approximate surface area is 139 Å². The van der Waals surface area contributed by atoms with Crippen LogP contribution in [0, 0.1) is 5.41 Å². The Kier molecular flexibility index (Phi) is 7.04. The minimum atomic E-state index is -3.00. The van der Waals surface area contributed by atoms with E-state index in [0.29, 0.717) is 32.4 Å². The van der Waals surface area contributed by atoms with Crippen molar-refractivity contribution >= 4 is 21.7 Å². The zero-order chi connectivity index (χ0) is 17.7. The fourth-order valence-electron chi connectivity index (χ4n) is 2.62. The highest BCUT2D eigenvalue weighted by molar-refractivity contribution is 7.91. The van der Waals surface area contributed by atoms with E-state index in [1.165, 1.54) is 0 Å². The molecule has 1 saturated heterocycles. The molecule has 2 amide bonds. The predicted molar refractivity (Wildman–Crippen MR) is 90.8 cm³/mol. The van der Waals surface area contributed by atoms with E-state index in [-0.39, 0.29) is 29.4 Å². The summed E-state index contributed by atoms with van der Waals surface area (Å²) in [7, 11) is -3.00. The molecule has 1 heterocycles. The molecule has 1 rings (SSSR count). The zero-order valence-corrected chi connectivity index (χ0v) is 15.5. The normalized spacial score (nSPS) is 20.3. The first-order chi connectivity index (χ1) is 10.6. The largest absolute Gasteiger partial charge is 0.356 e. The molecule has 0 saturated carbocycles. The van der Waals surface area contributed by atoms with Gasteiger partial charge in [0.1, 0.15) is 0 Å². The van der Waals surface area contributed by atoms with Crippen LogP contribution in [0.2, 0.25) is 0 Å². The quantitative estimate of drug-likeness (QED) is 0.706. The molecular formula is C16H30N2O4S. The van der Waals surface area contributed by atoms with Crippen molar-refractivity contribution in [3.63, 3.8) is 0 Å². The zero-order valence-electron chi connectivity index (χ0n) is 14.7. The lowest BCUT2D eigenvalue weighted by Gasteiger charge is -2.28. The number of nitrogens with zero attached hydrogens (tertiary/aromatic N) is 1. The third-order valence-corrected chi connectivity index (χ3v) is 5.72. The summed E-state index contributed by atoms with van der Waals surface area (Å²) in [4.78, 5) is 25.9. The van der Waals surface area contributed by atoms with Gasteiger partial charge in [0.25, 0.3) is 0 Å². The molecule has 0 aromatic heterocycles. The maximum atomic E-state index is 12.4. The van der Waals surface area contributed by atoms with Crippen molar-refractivity contribution < 1.29 is 18.0 Å². The number of hydrogen-bond donors (Lipinski definition) is 1. The van der Waals surface area contributed by atoms with Crippen molar-refractivity contribution in [1.82, 2.24) is 10.2 Å². The summed E-state index contributed by atoms with van der Waals surface area (Å²) in [6.45, 7) is 8.57. The second kappa shape index (κ2) is 8.13. The van der Waals surface area contributed by atoms with Crippen molar-refractivity contribution in [2.45, 2.75) is 59.4 Å². The first kappa shape index (κ1) is 19.9. The van der Waals surface area contributed by atoms with Gasteiger partial charge in [-0.2, -0.15) is 0 Å². The van der Waals surface area contributed by atoms with Crippen molar-refractivity contribution in [3.8, 4) is 0 Å². The third kappa shape index (κ3) is 6.49. The Balaban J connectivity index is 2.45. The van der Waals surface area contributed by atoms with Crippen molar-refractivity contribution in [1.29, 1.82) is 0 Å². The van der Waals surface area contributed by atoms with E-state index in [0.717, 1.165) is 6.42 Å². The molecule has 134 valence electrons. The SMILES string of the molecule is CCCN(C(=O)CCCNC(=O)C(C)(C)C)C1CCS(=O)(=O)C1. The maximum absolute atomic E-state index is 12.4. The molecule has 0 radical (unpaired) electrons. The second-order valence-corrected chi connectivity index (χ2v) is 9.48. The topological polar surface area (TPSA) is 83.6 Å². The van der Waals surface area contributed by atoms with Crippen molar-refractivity contribution in [2.24, 2.45) is 5.41 Å². The molecule has 0 spiro atoms. The van der Waals surface area contributed by atoms with Gasteiger partial charge < -0.3 is 10.2 Å². The fourth-order valence-corrected chi connectivity index (χ4v) is 4.35. The summed E-state index contributed by atoms with van der Waals surface area (Å²) in [6, 6.07) is -0.184. The number of sulfone groups is 1. The molecule has 6 nitrogen and oxygen atoms in total. The van der Waals surface area contributed by atoms with Gasteiger partial charge in [-0.05, 0) is 19.3 Å². The third-order valence-electron chi connectivity index (χ3n) is 3.97. The molecular weight excluding hydrogens is 316 g/mol. The highest BCUT2D eigenvalue weighted by atomic mass is 32.2. The summed E-state index contributed by atoms with van der Waals surface area (Å²) >= 11 is 0. The molecule has 1 unspecified atom stereocenters.